The van der Waals surface area contributed by atoms with Crippen LogP contribution in [0.4, 0.5) is 0 Å². The van der Waals surface area contributed by atoms with Gasteiger partial charge in [0.2, 0.25) is 0 Å². The van der Waals surface area contributed by atoms with Gasteiger partial charge in [-0.05, 0) is 47.5 Å². The van der Waals surface area contributed by atoms with Gasteiger partial charge in [0.15, 0.2) is 0 Å². The molecule has 0 unspecified atom stereocenters. The maximum atomic E-state index is 9.10. The normalized spacial score (nSPS) is 10.7. The lowest BCUT2D eigenvalue weighted by Crippen LogP contribution is -2.06. The molecule has 4 nitrogen and oxygen atoms in total. The average Bonchev–Trinajstić information content (AvgIpc) is 2.72. The molecule has 0 saturated heterocycles. The fourth-order valence-electron chi connectivity index (χ4n) is 1.89. The number of aliphatic hydroxyl groups is 1. The second-order valence-corrected chi connectivity index (χ2v) is 5.05. The molecule has 0 aliphatic rings. The van der Waals surface area contributed by atoms with Crippen LogP contribution in [0.25, 0.3) is 0 Å². The molecule has 2 rings (SSSR count). The van der Waals surface area contributed by atoms with E-state index in [1.165, 1.54) is 0 Å². The molecule has 0 fully saturated rings. The molecule has 1 heterocycles. The van der Waals surface area contributed by atoms with E-state index in [0.717, 1.165) is 33.7 Å². The number of aliphatic hydroxyl groups excluding tert-OH is 1. The fourth-order valence-corrected chi connectivity index (χ4v) is 2.29. The second-order valence-electron chi connectivity index (χ2n) is 4.26. The maximum Gasteiger partial charge on any atom is 0.131 e. The Kier molecular flexibility index (Phi) is 4.61. The standard InChI is InChI=1S/C14H17BrN2O2/c1-3-17-13(14(15)10(2)16-17)9-19-12-6-4-5-11(7-12)8-18/h4-7,18H,3,8-9H2,1-2H3. The van der Waals surface area contributed by atoms with E-state index in [2.05, 4.69) is 28.0 Å². The molecule has 0 atom stereocenters. The summed E-state index contributed by atoms with van der Waals surface area (Å²) in [4.78, 5) is 0. The molecule has 1 aromatic heterocycles. The molecule has 102 valence electrons. The van der Waals surface area contributed by atoms with Crippen LogP contribution in [0.1, 0.15) is 23.9 Å². The van der Waals surface area contributed by atoms with Crippen LogP contribution in [-0.2, 0) is 19.8 Å². The first-order chi connectivity index (χ1) is 9.15. The van der Waals surface area contributed by atoms with E-state index in [9.17, 15) is 0 Å². The van der Waals surface area contributed by atoms with E-state index < -0.39 is 0 Å². The Morgan fingerprint density at radius 2 is 2.21 bits per heavy atom. The molecule has 0 saturated carbocycles. The third kappa shape index (κ3) is 3.16. The number of benzene rings is 1. The van der Waals surface area contributed by atoms with Gasteiger partial charge in [0, 0.05) is 6.54 Å². The van der Waals surface area contributed by atoms with Gasteiger partial charge in [-0.15, -0.1) is 0 Å². The minimum absolute atomic E-state index is 0.0207. The van der Waals surface area contributed by atoms with Crippen molar-refractivity contribution in [3.8, 4) is 5.75 Å². The summed E-state index contributed by atoms with van der Waals surface area (Å²) in [5.74, 6) is 0.750. The predicted molar refractivity (Wildman–Crippen MR) is 77.0 cm³/mol. The lowest BCUT2D eigenvalue weighted by Gasteiger charge is -2.09. The lowest BCUT2D eigenvalue weighted by atomic mass is 10.2. The zero-order valence-electron chi connectivity index (χ0n) is 11.1. The zero-order valence-corrected chi connectivity index (χ0v) is 12.6. The first kappa shape index (κ1) is 14.1. The van der Waals surface area contributed by atoms with Crippen molar-refractivity contribution >= 4 is 15.9 Å². The minimum atomic E-state index is 0.0207. The number of ether oxygens (including phenoxy) is 1. The third-order valence-corrected chi connectivity index (χ3v) is 3.94. The molecule has 0 amide bonds. The summed E-state index contributed by atoms with van der Waals surface area (Å²) >= 11 is 3.54. The number of aryl methyl sites for hydroxylation is 2. The van der Waals surface area contributed by atoms with Gasteiger partial charge in [-0.1, -0.05) is 12.1 Å². The smallest absolute Gasteiger partial charge is 0.131 e. The van der Waals surface area contributed by atoms with Crippen LogP contribution in [0.2, 0.25) is 0 Å². The van der Waals surface area contributed by atoms with E-state index in [0.29, 0.717) is 6.61 Å². The van der Waals surface area contributed by atoms with Crippen molar-refractivity contribution in [2.24, 2.45) is 0 Å². The van der Waals surface area contributed by atoms with Crippen molar-refractivity contribution in [1.29, 1.82) is 0 Å². The molecular weight excluding hydrogens is 308 g/mol. The molecule has 19 heavy (non-hydrogen) atoms. The molecule has 1 aromatic carbocycles. The van der Waals surface area contributed by atoms with Crippen molar-refractivity contribution in [1.82, 2.24) is 9.78 Å². The topological polar surface area (TPSA) is 47.3 Å². The summed E-state index contributed by atoms with van der Waals surface area (Å²) in [6.07, 6.45) is 0. The first-order valence-corrected chi connectivity index (χ1v) is 6.99. The summed E-state index contributed by atoms with van der Waals surface area (Å²) in [6.45, 7) is 5.29. The van der Waals surface area contributed by atoms with Crippen LogP contribution >= 0.6 is 15.9 Å². The van der Waals surface area contributed by atoms with Gasteiger partial charge in [0.25, 0.3) is 0 Å². The van der Waals surface area contributed by atoms with E-state index >= 15 is 0 Å². The zero-order chi connectivity index (χ0) is 13.8. The molecule has 2 aromatic rings. The average molecular weight is 325 g/mol. The third-order valence-electron chi connectivity index (χ3n) is 2.91. The van der Waals surface area contributed by atoms with Gasteiger partial charge in [0.1, 0.15) is 12.4 Å². The van der Waals surface area contributed by atoms with Crippen LogP contribution in [-0.4, -0.2) is 14.9 Å². The SMILES string of the molecule is CCn1nc(C)c(Br)c1COc1cccc(CO)c1. The van der Waals surface area contributed by atoms with Crippen molar-refractivity contribution in [2.75, 3.05) is 0 Å². The largest absolute Gasteiger partial charge is 0.487 e. The Morgan fingerprint density at radius 3 is 2.89 bits per heavy atom. The highest BCUT2D eigenvalue weighted by molar-refractivity contribution is 9.10. The van der Waals surface area contributed by atoms with Gasteiger partial charge >= 0.3 is 0 Å². The molecule has 1 N–H and O–H groups in total. The van der Waals surface area contributed by atoms with E-state index in [1.54, 1.807) is 0 Å². The highest BCUT2D eigenvalue weighted by Crippen LogP contribution is 2.23. The van der Waals surface area contributed by atoms with Gasteiger partial charge in [-0.2, -0.15) is 5.10 Å². The molecular formula is C14H17BrN2O2. The number of nitrogens with zero attached hydrogens (tertiary/aromatic N) is 2. The first-order valence-electron chi connectivity index (χ1n) is 6.20. The molecule has 5 heteroatoms. The van der Waals surface area contributed by atoms with E-state index in [4.69, 9.17) is 9.84 Å². The van der Waals surface area contributed by atoms with Crippen LogP contribution in [0.5, 0.6) is 5.75 Å². The minimum Gasteiger partial charge on any atom is -0.487 e. The Balaban J connectivity index is 2.14. The van der Waals surface area contributed by atoms with Crippen LogP contribution in [0.3, 0.4) is 0 Å². The van der Waals surface area contributed by atoms with Gasteiger partial charge in [-0.3, -0.25) is 4.68 Å². The predicted octanol–water partition coefficient (Wildman–Crippen LogP) is 3.05. The summed E-state index contributed by atoms with van der Waals surface area (Å²) in [5, 5.41) is 13.5. The summed E-state index contributed by atoms with van der Waals surface area (Å²) in [7, 11) is 0. The summed E-state index contributed by atoms with van der Waals surface area (Å²) in [6, 6.07) is 7.46. The van der Waals surface area contributed by atoms with Crippen molar-refractivity contribution < 1.29 is 9.84 Å². The Hall–Kier alpha value is -1.33. The van der Waals surface area contributed by atoms with Crippen LogP contribution < -0.4 is 4.74 Å². The number of aromatic nitrogens is 2. The highest BCUT2D eigenvalue weighted by Gasteiger charge is 2.12. The quantitative estimate of drug-likeness (QED) is 0.919. The number of hydrogen-bond acceptors (Lipinski definition) is 3. The summed E-state index contributed by atoms with van der Waals surface area (Å²) in [5.41, 5.74) is 2.83. The highest BCUT2D eigenvalue weighted by atomic mass is 79.9. The molecule has 0 spiro atoms. The second kappa shape index (κ2) is 6.21. The van der Waals surface area contributed by atoms with Crippen molar-refractivity contribution in [2.45, 2.75) is 33.6 Å². The number of rotatable bonds is 5. The van der Waals surface area contributed by atoms with E-state index in [-0.39, 0.29) is 6.61 Å². The summed E-state index contributed by atoms with van der Waals surface area (Å²) < 4.78 is 8.69. The van der Waals surface area contributed by atoms with Crippen LogP contribution in [0, 0.1) is 6.92 Å². The Bertz CT molecular complexity index is 567. The fraction of sp³-hybridized carbons (Fsp3) is 0.357. The van der Waals surface area contributed by atoms with E-state index in [1.807, 2.05) is 35.9 Å². The number of hydrogen-bond donors (Lipinski definition) is 1. The monoisotopic (exact) mass is 324 g/mol. The maximum absolute atomic E-state index is 9.10. The lowest BCUT2D eigenvalue weighted by molar-refractivity contribution is 0.275. The molecule has 0 bridgehead atoms. The van der Waals surface area contributed by atoms with Crippen molar-refractivity contribution in [3.63, 3.8) is 0 Å². The molecule has 0 aliphatic carbocycles. The number of halogens is 1. The molecule has 0 aliphatic heterocycles. The van der Waals surface area contributed by atoms with Crippen LogP contribution in [0.15, 0.2) is 28.7 Å². The van der Waals surface area contributed by atoms with Crippen molar-refractivity contribution in [3.05, 3.63) is 45.7 Å². The van der Waals surface area contributed by atoms with Gasteiger partial charge in [-0.25, -0.2) is 0 Å². The van der Waals surface area contributed by atoms with Gasteiger partial charge in [0.05, 0.1) is 22.5 Å². The Labute approximate surface area is 121 Å². The molecule has 0 radical (unpaired) electrons. The Morgan fingerprint density at radius 1 is 1.42 bits per heavy atom. The van der Waals surface area contributed by atoms with Gasteiger partial charge < -0.3 is 9.84 Å².